The van der Waals surface area contributed by atoms with Crippen molar-refractivity contribution in [2.75, 3.05) is 17.2 Å². The summed E-state index contributed by atoms with van der Waals surface area (Å²) in [4.78, 5) is 6.89. The molecule has 0 saturated heterocycles. The van der Waals surface area contributed by atoms with Gasteiger partial charge in [0.05, 0.1) is 0 Å². The molecule has 1 aliphatic rings. The molecule has 0 fully saturated rings. The molecule has 106 valence electrons. The lowest BCUT2D eigenvalue weighted by molar-refractivity contribution is 0.708. The van der Waals surface area contributed by atoms with Crippen molar-refractivity contribution < 1.29 is 0 Å². The molecule has 3 aromatic rings. The van der Waals surface area contributed by atoms with Crippen LogP contribution in [0.15, 0.2) is 36.5 Å². The Morgan fingerprint density at radius 1 is 1.19 bits per heavy atom. The third-order valence-corrected chi connectivity index (χ3v) is 4.13. The van der Waals surface area contributed by atoms with Gasteiger partial charge in [0.1, 0.15) is 0 Å². The van der Waals surface area contributed by atoms with Crippen LogP contribution in [0.5, 0.6) is 0 Å². The average molecular weight is 279 g/mol. The summed E-state index contributed by atoms with van der Waals surface area (Å²) in [5.74, 6) is 0.789. The second kappa shape index (κ2) is 4.48. The van der Waals surface area contributed by atoms with Gasteiger partial charge in [-0.1, -0.05) is 18.2 Å². The van der Waals surface area contributed by atoms with Gasteiger partial charge in [-0.15, -0.1) is 5.10 Å². The van der Waals surface area contributed by atoms with E-state index in [9.17, 15) is 0 Å². The number of anilines is 2. The monoisotopic (exact) mass is 279 g/mol. The van der Waals surface area contributed by atoms with Gasteiger partial charge in [0.2, 0.25) is 5.95 Å². The van der Waals surface area contributed by atoms with Gasteiger partial charge in [0, 0.05) is 25.0 Å². The van der Waals surface area contributed by atoms with Crippen LogP contribution in [0.25, 0.3) is 5.65 Å². The fourth-order valence-electron chi connectivity index (χ4n) is 2.97. The van der Waals surface area contributed by atoms with Crippen molar-refractivity contribution in [3.8, 4) is 0 Å². The van der Waals surface area contributed by atoms with E-state index in [0.29, 0.717) is 0 Å². The van der Waals surface area contributed by atoms with Crippen molar-refractivity contribution in [2.45, 2.75) is 19.9 Å². The lowest BCUT2D eigenvalue weighted by Gasteiger charge is -2.28. The summed E-state index contributed by atoms with van der Waals surface area (Å²) < 4.78 is 1.85. The maximum Gasteiger partial charge on any atom is 0.245 e. The number of hydrogen-bond donors (Lipinski definition) is 1. The first-order chi connectivity index (χ1) is 10.2. The van der Waals surface area contributed by atoms with Crippen LogP contribution in [0.4, 0.5) is 11.6 Å². The van der Waals surface area contributed by atoms with Crippen LogP contribution in [-0.4, -0.2) is 21.1 Å². The summed E-state index contributed by atoms with van der Waals surface area (Å²) in [5.41, 5.74) is 11.6. The Morgan fingerprint density at radius 3 is 2.95 bits per heavy atom. The van der Waals surface area contributed by atoms with Gasteiger partial charge in [-0.05, 0) is 42.2 Å². The van der Waals surface area contributed by atoms with E-state index in [1.807, 2.05) is 28.9 Å². The molecule has 0 bridgehead atoms. The Morgan fingerprint density at radius 2 is 2.10 bits per heavy atom. The van der Waals surface area contributed by atoms with Gasteiger partial charge in [-0.2, -0.15) is 4.98 Å². The first-order valence-electron chi connectivity index (χ1n) is 7.15. The van der Waals surface area contributed by atoms with E-state index in [1.165, 1.54) is 11.1 Å². The van der Waals surface area contributed by atoms with E-state index in [0.717, 1.165) is 42.4 Å². The lowest BCUT2D eigenvalue weighted by atomic mass is 9.98. The molecule has 5 heteroatoms. The molecule has 1 aliphatic heterocycles. The van der Waals surface area contributed by atoms with Gasteiger partial charge in [-0.3, -0.25) is 0 Å². The molecule has 0 amide bonds. The SMILES string of the molecule is Cc1cccn2nc(N3CCc4c(N)cccc4C3)nc12. The molecule has 4 rings (SSSR count). The molecular weight excluding hydrogens is 262 g/mol. The van der Waals surface area contributed by atoms with Crippen LogP contribution in [0.2, 0.25) is 0 Å². The summed E-state index contributed by atoms with van der Waals surface area (Å²) >= 11 is 0. The number of aromatic nitrogens is 3. The molecule has 0 atom stereocenters. The number of nitrogens with zero attached hydrogens (tertiary/aromatic N) is 4. The first kappa shape index (κ1) is 12.2. The summed E-state index contributed by atoms with van der Waals surface area (Å²) in [5, 5.41) is 4.59. The lowest BCUT2D eigenvalue weighted by Crippen LogP contribution is -2.31. The number of aryl methyl sites for hydroxylation is 1. The highest BCUT2D eigenvalue weighted by Gasteiger charge is 2.21. The third-order valence-electron chi connectivity index (χ3n) is 4.13. The van der Waals surface area contributed by atoms with Gasteiger partial charge in [0.25, 0.3) is 0 Å². The van der Waals surface area contributed by atoms with E-state index >= 15 is 0 Å². The summed E-state index contributed by atoms with van der Waals surface area (Å²) in [7, 11) is 0. The van der Waals surface area contributed by atoms with Crippen LogP contribution in [0.1, 0.15) is 16.7 Å². The van der Waals surface area contributed by atoms with Crippen LogP contribution in [0.3, 0.4) is 0 Å². The topological polar surface area (TPSA) is 59.5 Å². The fraction of sp³-hybridized carbons (Fsp3) is 0.250. The minimum absolute atomic E-state index is 0.789. The largest absolute Gasteiger partial charge is 0.398 e. The van der Waals surface area contributed by atoms with Crippen molar-refractivity contribution in [3.63, 3.8) is 0 Å². The molecule has 0 radical (unpaired) electrons. The van der Waals surface area contributed by atoms with Crippen LogP contribution < -0.4 is 10.6 Å². The van der Waals surface area contributed by atoms with Crippen molar-refractivity contribution in [1.29, 1.82) is 0 Å². The number of rotatable bonds is 1. The average Bonchev–Trinajstić information content (AvgIpc) is 2.93. The van der Waals surface area contributed by atoms with Crippen LogP contribution >= 0.6 is 0 Å². The molecule has 3 heterocycles. The van der Waals surface area contributed by atoms with E-state index in [2.05, 4.69) is 34.0 Å². The molecule has 2 aromatic heterocycles. The third kappa shape index (κ3) is 1.93. The van der Waals surface area contributed by atoms with Crippen molar-refractivity contribution in [3.05, 3.63) is 53.2 Å². The minimum Gasteiger partial charge on any atom is -0.398 e. The first-order valence-corrected chi connectivity index (χ1v) is 7.15. The molecule has 2 N–H and O–H groups in total. The summed E-state index contributed by atoms with van der Waals surface area (Å²) in [6.07, 6.45) is 2.88. The zero-order valence-electron chi connectivity index (χ0n) is 12.0. The predicted octanol–water partition coefficient (Wildman–Crippen LogP) is 2.18. The molecule has 5 nitrogen and oxygen atoms in total. The highest BCUT2D eigenvalue weighted by molar-refractivity contribution is 5.56. The molecule has 0 saturated carbocycles. The second-order valence-electron chi connectivity index (χ2n) is 5.53. The summed E-state index contributed by atoms with van der Waals surface area (Å²) in [6.45, 7) is 3.77. The number of hydrogen-bond acceptors (Lipinski definition) is 4. The zero-order valence-corrected chi connectivity index (χ0v) is 12.0. The molecule has 0 aliphatic carbocycles. The van der Waals surface area contributed by atoms with Crippen molar-refractivity contribution in [1.82, 2.24) is 14.6 Å². The van der Waals surface area contributed by atoms with E-state index in [4.69, 9.17) is 5.73 Å². The van der Waals surface area contributed by atoms with Crippen molar-refractivity contribution in [2.24, 2.45) is 0 Å². The number of nitrogens with two attached hydrogens (primary N) is 1. The second-order valence-corrected chi connectivity index (χ2v) is 5.53. The molecule has 1 aromatic carbocycles. The standard InChI is InChI=1S/C16H17N5/c1-11-4-3-8-21-15(11)18-16(19-21)20-9-7-13-12(10-20)5-2-6-14(13)17/h2-6,8H,7,9-10,17H2,1H3. The Bertz CT molecular complexity index is 821. The van der Waals surface area contributed by atoms with Gasteiger partial charge in [-0.25, -0.2) is 4.52 Å². The van der Waals surface area contributed by atoms with Gasteiger partial charge in [0.15, 0.2) is 5.65 Å². The Balaban J connectivity index is 1.72. The summed E-state index contributed by atoms with van der Waals surface area (Å²) in [6, 6.07) is 10.2. The van der Waals surface area contributed by atoms with E-state index in [-0.39, 0.29) is 0 Å². The van der Waals surface area contributed by atoms with E-state index in [1.54, 1.807) is 0 Å². The minimum atomic E-state index is 0.789. The Kier molecular flexibility index (Phi) is 2.60. The van der Waals surface area contributed by atoms with Gasteiger partial charge >= 0.3 is 0 Å². The molecule has 0 unspecified atom stereocenters. The highest BCUT2D eigenvalue weighted by atomic mass is 15.4. The molecule has 21 heavy (non-hydrogen) atoms. The van der Waals surface area contributed by atoms with Crippen LogP contribution in [-0.2, 0) is 13.0 Å². The molecule has 0 spiro atoms. The quantitative estimate of drug-likeness (QED) is 0.694. The van der Waals surface area contributed by atoms with Gasteiger partial charge < -0.3 is 10.6 Å². The maximum atomic E-state index is 6.05. The zero-order chi connectivity index (χ0) is 14.4. The number of nitrogen functional groups attached to an aromatic ring is 1. The smallest absolute Gasteiger partial charge is 0.245 e. The number of pyridine rings is 1. The normalized spacial score (nSPS) is 14.4. The van der Waals surface area contributed by atoms with Crippen LogP contribution in [0, 0.1) is 6.92 Å². The Hall–Kier alpha value is -2.56. The number of fused-ring (bicyclic) bond motifs is 2. The maximum absolute atomic E-state index is 6.05. The fourth-order valence-corrected chi connectivity index (χ4v) is 2.97. The Labute approximate surface area is 123 Å². The highest BCUT2D eigenvalue weighted by Crippen LogP contribution is 2.26. The van der Waals surface area contributed by atoms with E-state index < -0.39 is 0 Å². The number of benzene rings is 1. The predicted molar refractivity (Wildman–Crippen MR) is 83.3 cm³/mol. The van der Waals surface area contributed by atoms with Crippen molar-refractivity contribution >= 4 is 17.3 Å². The molecular formula is C16H17N5.